The number of carbonyl (C=O) groups excluding carboxylic acids is 2. The topological polar surface area (TPSA) is 149 Å². The summed E-state index contributed by atoms with van der Waals surface area (Å²) in [5, 5.41) is 9.49. The van der Waals surface area contributed by atoms with Crippen LogP contribution in [-0.2, 0) is 28.4 Å². The summed E-state index contributed by atoms with van der Waals surface area (Å²) in [6, 6.07) is 2.84. The first kappa shape index (κ1) is 39.0. The van der Waals surface area contributed by atoms with Gasteiger partial charge in [0.15, 0.2) is 39.6 Å². The first-order valence-corrected chi connectivity index (χ1v) is 18.9. The zero-order chi connectivity index (χ0) is 38.5. The number of fused-ring (bicyclic) bond motifs is 2. The van der Waals surface area contributed by atoms with Crippen molar-refractivity contribution in [3.8, 4) is 0 Å². The normalized spacial score (nSPS) is 25.0. The van der Waals surface area contributed by atoms with Crippen molar-refractivity contribution < 1.29 is 46.8 Å². The van der Waals surface area contributed by atoms with Crippen LogP contribution in [0.15, 0.2) is 23.4 Å². The molecule has 1 aromatic carbocycles. The van der Waals surface area contributed by atoms with Crippen LogP contribution in [0.2, 0.25) is 0 Å². The highest BCUT2D eigenvalue weighted by atomic mass is 32.2. The molecular formula is C36H48F2N6O8S. The lowest BCUT2D eigenvalue weighted by atomic mass is 10.1. The van der Waals surface area contributed by atoms with E-state index >= 15 is 0 Å². The number of hydrogen-bond donors (Lipinski definition) is 0. The van der Waals surface area contributed by atoms with Gasteiger partial charge < -0.3 is 28.4 Å². The number of halogens is 2. The number of benzene rings is 1. The fourth-order valence-corrected chi connectivity index (χ4v) is 7.31. The number of rotatable bonds is 11. The molecule has 0 radical (unpaired) electrons. The predicted octanol–water partition coefficient (Wildman–Crippen LogP) is 7.10. The number of amides is 1. The molecule has 2 saturated carbocycles. The number of ether oxygens (including phenoxy) is 6. The second-order valence-electron chi connectivity index (χ2n) is 15.9. The molecule has 3 aliphatic rings. The van der Waals surface area contributed by atoms with Crippen molar-refractivity contribution >= 4 is 41.0 Å². The maximum Gasteiger partial charge on any atom is 0.508 e. The molecule has 0 spiro atoms. The van der Waals surface area contributed by atoms with Gasteiger partial charge >= 0.3 is 12.2 Å². The first-order chi connectivity index (χ1) is 24.8. The largest absolute Gasteiger partial charge is 0.508 e. The Balaban J connectivity index is 1.33. The molecule has 1 unspecified atom stereocenters. The number of aromatic nitrogens is 5. The third-order valence-corrected chi connectivity index (χ3v) is 9.77. The van der Waals surface area contributed by atoms with Crippen LogP contribution in [0.5, 0.6) is 0 Å². The van der Waals surface area contributed by atoms with Crippen LogP contribution in [0.4, 0.5) is 24.2 Å². The minimum Gasteiger partial charge on any atom is -0.443 e. The molecule has 3 aromatic rings. The van der Waals surface area contributed by atoms with E-state index in [1.54, 1.807) is 46.2 Å². The monoisotopic (exact) mass is 762 g/mol. The van der Waals surface area contributed by atoms with Gasteiger partial charge in [0.05, 0.1) is 18.8 Å². The molecule has 0 bridgehead atoms. The summed E-state index contributed by atoms with van der Waals surface area (Å²) in [6.45, 7) is 16.3. The Morgan fingerprint density at radius 3 is 2.40 bits per heavy atom. The average molecular weight is 763 g/mol. The third kappa shape index (κ3) is 9.01. The van der Waals surface area contributed by atoms with E-state index < -0.39 is 71.3 Å². The summed E-state index contributed by atoms with van der Waals surface area (Å²) in [6.07, 6.45) is -1.16. The molecule has 53 heavy (non-hydrogen) atoms. The van der Waals surface area contributed by atoms with Crippen LogP contribution < -0.4 is 4.90 Å². The molecule has 2 aliphatic carbocycles. The van der Waals surface area contributed by atoms with Gasteiger partial charge in [-0.25, -0.2) is 33.0 Å². The SMILES string of the molecule is CCCSc1nc(N(C(=O)OC(C)(C)C)[C@@H]2C[C@H]2c2ccc(F)c(F)c2)c2nnn([C@@H]3C[C@H](OCCOC(=O)OC(C)(C)C)C4OC(C)(C)O[C@@H]43)c2n1. The highest BCUT2D eigenvalue weighted by molar-refractivity contribution is 7.99. The van der Waals surface area contributed by atoms with Gasteiger partial charge in [-0.15, -0.1) is 5.10 Å². The van der Waals surface area contributed by atoms with Crippen LogP contribution in [0.3, 0.4) is 0 Å². The Morgan fingerprint density at radius 1 is 1.00 bits per heavy atom. The summed E-state index contributed by atoms with van der Waals surface area (Å²) in [4.78, 5) is 37.2. The Hall–Kier alpha value is -3.67. The van der Waals surface area contributed by atoms with Gasteiger partial charge in [0.25, 0.3) is 0 Å². The number of nitrogens with zero attached hydrogens (tertiary/aromatic N) is 6. The average Bonchev–Trinajstić information content (AvgIpc) is 3.43. The minimum atomic E-state index is -0.961. The molecule has 1 saturated heterocycles. The smallest absolute Gasteiger partial charge is 0.443 e. The number of carbonyl (C=O) groups is 2. The number of anilines is 1. The number of hydrogen-bond acceptors (Lipinski definition) is 13. The van der Waals surface area contributed by atoms with Gasteiger partial charge in [-0.1, -0.05) is 30.0 Å². The van der Waals surface area contributed by atoms with E-state index in [1.165, 1.54) is 22.7 Å². The molecular weight excluding hydrogens is 714 g/mol. The Morgan fingerprint density at radius 2 is 1.72 bits per heavy atom. The van der Waals surface area contributed by atoms with Crippen molar-refractivity contribution in [3.05, 3.63) is 35.4 Å². The lowest BCUT2D eigenvalue weighted by Gasteiger charge is -2.27. The maximum atomic E-state index is 14.3. The van der Waals surface area contributed by atoms with Gasteiger partial charge in [0, 0.05) is 24.1 Å². The quantitative estimate of drug-likeness (QED) is 0.0847. The summed E-state index contributed by atoms with van der Waals surface area (Å²) in [5.41, 5.74) is -0.340. The molecule has 3 fully saturated rings. The van der Waals surface area contributed by atoms with E-state index in [0.29, 0.717) is 35.0 Å². The Kier molecular flexibility index (Phi) is 11.0. The summed E-state index contributed by atoms with van der Waals surface area (Å²) in [7, 11) is 0. The van der Waals surface area contributed by atoms with Crippen LogP contribution in [0, 0.1) is 11.6 Å². The van der Waals surface area contributed by atoms with Gasteiger partial charge in [-0.05, 0) is 85.9 Å². The van der Waals surface area contributed by atoms with Crippen molar-refractivity contribution in [2.75, 3.05) is 23.9 Å². The fraction of sp³-hybridized carbons (Fsp3) is 0.667. The Bertz CT molecular complexity index is 1830. The number of thioether (sulfide) groups is 1. The second-order valence-corrected chi connectivity index (χ2v) is 17.0. The summed E-state index contributed by atoms with van der Waals surface area (Å²) < 4.78 is 65.0. The van der Waals surface area contributed by atoms with Gasteiger partial charge in [0.2, 0.25) is 0 Å². The van der Waals surface area contributed by atoms with Crippen molar-refractivity contribution in [1.29, 1.82) is 0 Å². The highest BCUT2D eigenvalue weighted by Crippen LogP contribution is 2.49. The van der Waals surface area contributed by atoms with Crippen molar-refractivity contribution in [3.63, 3.8) is 0 Å². The summed E-state index contributed by atoms with van der Waals surface area (Å²) >= 11 is 1.42. The molecule has 1 aliphatic heterocycles. The zero-order valence-electron chi connectivity index (χ0n) is 31.6. The lowest BCUT2D eigenvalue weighted by molar-refractivity contribution is -0.171. The fourth-order valence-electron chi connectivity index (χ4n) is 6.62. The van der Waals surface area contributed by atoms with Gasteiger partial charge in [-0.2, -0.15) is 0 Å². The third-order valence-electron chi connectivity index (χ3n) is 8.72. The molecule has 6 rings (SSSR count). The van der Waals surface area contributed by atoms with Crippen LogP contribution in [0.25, 0.3) is 11.2 Å². The van der Waals surface area contributed by atoms with Gasteiger partial charge in [0.1, 0.15) is 30.0 Å². The van der Waals surface area contributed by atoms with Crippen molar-refractivity contribution in [2.24, 2.45) is 0 Å². The highest BCUT2D eigenvalue weighted by Gasteiger charge is 2.56. The summed E-state index contributed by atoms with van der Waals surface area (Å²) in [5.74, 6) is -2.22. The van der Waals surface area contributed by atoms with Crippen LogP contribution in [0.1, 0.15) is 99.1 Å². The first-order valence-electron chi connectivity index (χ1n) is 17.9. The van der Waals surface area contributed by atoms with E-state index in [1.807, 2.05) is 20.8 Å². The predicted molar refractivity (Wildman–Crippen MR) is 190 cm³/mol. The van der Waals surface area contributed by atoms with Crippen molar-refractivity contribution in [2.45, 2.75) is 140 Å². The van der Waals surface area contributed by atoms with E-state index in [4.69, 9.17) is 38.4 Å². The van der Waals surface area contributed by atoms with E-state index in [0.717, 1.165) is 18.6 Å². The molecule has 1 amide bonds. The molecule has 3 heterocycles. The van der Waals surface area contributed by atoms with Crippen molar-refractivity contribution in [1.82, 2.24) is 25.0 Å². The minimum absolute atomic E-state index is 0.0220. The molecule has 0 N–H and O–H groups in total. The molecule has 17 heteroatoms. The molecule has 14 nitrogen and oxygen atoms in total. The van der Waals surface area contributed by atoms with E-state index in [9.17, 15) is 18.4 Å². The zero-order valence-corrected chi connectivity index (χ0v) is 32.4. The van der Waals surface area contributed by atoms with Crippen LogP contribution in [-0.4, -0.2) is 97.5 Å². The van der Waals surface area contributed by atoms with E-state index in [2.05, 4.69) is 10.3 Å². The van der Waals surface area contributed by atoms with Gasteiger partial charge in [-0.3, -0.25) is 4.90 Å². The maximum absolute atomic E-state index is 14.3. The van der Waals surface area contributed by atoms with E-state index in [-0.39, 0.29) is 30.5 Å². The lowest BCUT2D eigenvalue weighted by Crippen LogP contribution is -2.39. The molecule has 2 aromatic heterocycles. The Labute approximate surface area is 311 Å². The second kappa shape index (κ2) is 14.9. The molecule has 6 atom stereocenters. The van der Waals surface area contributed by atoms with Crippen LogP contribution >= 0.6 is 11.8 Å². The standard InChI is InChI=1S/C36H48F2N6O8S/c1-10-15-53-31-39-29(43(32(45)51-34(2,3)4)23-17-20(23)19-11-12-21(37)22(38)16-19)26-30(40-31)44(42-41-26)24-18-25(28-27(24)49-36(8,9)50-28)47-13-14-48-33(46)52-35(5,6)7/h11-12,16,20,23-25,27-28H,10,13-15,17-18H2,1-9H3/t20-,23+,24+,25-,27+,28?/m0/s1. The molecule has 290 valence electrons.